The highest BCUT2D eigenvalue weighted by atomic mass is 79.9. The molecule has 4 nitrogen and oxygen atoms in total. The van der Waals surface area contributed by atoms with E-state index in [-0.39, 0.29) is 17.5 Å². The highest BCUT2D eigenvalue weighted by Gasteiger charge is 2.37. The first kappa shape index (κ1) is 17.5. The Morgan fingerprint density at radius 1 is 1.38 bits per heavy atom. The van der Waals surface area contributed by atoms with E-state index in [0.29, 0.717) is 4.47 Å². The Morgan fingerprint density at radius 3 is 2.52 bits per heavy atom. The lowest BCUT2D eigenvalue weighted by Gasteiger charge is -2.12. The largest absolute Gasteiger partial charge is 0.490 e. The van der Waals surface area contributed by atoms with Gasteiger partial charge in [0.2, 0.25) is 0 Å². The Labute approximate surface area is 126 Å². The molecule has 0 saturated heterocycles. The van der Waals surface area contributed by atoms with Gasteiger partial charge in [0.25, 0.3) is 5.78 Å². The highest BCUT2D eigenvalue weighted by molar-refractivity contribution is 9.10. The van der Waals surface area contributed by atoms with Gasteiger partial charge >= 0.3 is 6.18 Å². The molecule has 0 fully saturated rings. The number of ether oxygens (including phenoxy) is 1. The molecule has 0 amide bonds. The van der Waals surface area contributed by atoms with Gasteiger partial charge in [-0.25, -0.2) is 4.39 Å². The van der Waals surface area contributed by atoms with Crippen molar-refractivity contribution < 1.29 is 27.1 Å². The molecule has 0 N–H and O–H groups in total. The normalized spacial score (nSPS) is 12.2. The van der Waals surface area contributed by atoms with E-state index in [1.807, 2.05) is 0 Å². The van der Waals surface area contributed by atoms with E-state index >= 15 is 0 Å². The molecule has 116 valence electrons. The van der Waals surface area contributed by atoms with Crippen molar-refractivity contribution in [3.63, 3.8) is 0 Å². The number of ketones is 1. The maximum Gasteiger partial charge on any atom is 0.452 e. The van der Waals surface area contributed by atoms with Gasteiger partial charge in [-0.2, -0.15) is 23.4 Å². The first-order valence-corrected chi connectivity index (χ1v) is 6.53. The van der Waals surface area contributed by atoms with Gasteiger partial charge in [0.05, 0.1) is 10.6 Å². The molecular weight excluding hydrogens is 360 g/mol. The third-order valence-corrected chi connectivity index (χ3v) is 2.69. The minimum Gasteiger partial charge on any atom is -0.490 e. The van der Waals surface area contributed by atoms with E-state index in [2.05, 4.69) is 26.2 Å². The molecule has 1 rings (SSSR count). The van der Waals surface area contributed by atoms with Gasteiger partial charge in [-0.1, -0.05) is 0 Å². The van der Waals surface area contributed by atoms with Crippen LogP contribution in [0, 0.1) is 5.82 Å². The maximum absolute atomic E-state index is 13.6. The molecule has 0 aliphatic heterocycles. The quantitative estimate of drug-likeness (QED) is 0.562. The van der Waals surface area contributed by atoms with Gasteiger partial charge in [0, 0.05) is 6.07 Å². The van der Waals surface area contributed by atoms with Crippen LogP contribution in [0.15, 0.2) is 26.8 Å². The van der Waals surface area contributed by atoms with Crippen LogP contribution in [0.4, 0.5) is 23.2 Å². The molecule has 0 radical (unpaired) electrons. The number of hydrogen-bond acceptors (Lipinski definition) is 4. The van der Waals surface area contributed by atoms with Crippen LogP contribution in [0.25, 0.3) is 0 Å². The van der Waals surface area contributed by atoms with E-state index in [1.54, 1.807) is 13.8 Å². The SMILES string of the molecule is CC(C)Oc1cc(N=NCC(=O)C(F)(F)F)c(F)cc1Br. The molecule has 9 heteroatoms. The summed E-state index contributed by atoms with van der Waals surface area (Å²) in [6, 6.07) is 2.23. The Hall–Kier alpha value is -1.51. The summed E-state index contributed by atoms with van der Waals surface area (Å²) in [6.07, 6.45) is -5.17. The second-order valence-electron chi connectivity index (χ2n) is 4.22. The zero-order valence-corrected chi connectivity index (χ0v) is 12.6. The second-order valence-corrected chi connectivity index (χ2v) is 5.08. The summed E-state index contributed by atoms with van der Waals surface area (Å²) in [4.78, 5) is 10.6. The molecule has 0 aromatic heterocycles. The van der Waals surface area contributed by atoms with Gasteiger partial charge in [-0.05, 0) is 35.8 Å². The van der Waals surface area contributed by atoms with Crippen LogP contribution >= 0.6 is 15.9 Å². The Morgan fingerprint density at radius 2 is 2.00 bits per heavy atom. The molecule has 0 unspecified atom stereocenters. The number of halogens is 5. The summed E-state index contributed by atoms with van der Waals surface area (Å²) in [7, 11) is 0. The highest BCUT2D eigenvalue weighted by Crippen LogP contribution is 2.33. The first-order chi connectivity index (χ1) is 9.61. The summed E-state index contributed by atoms with van der Waals surface area (Å²) in [5, 5.41) is 6.36. The third-order valence-electron chi connectivity index (χ3n) is 2.07. The van der Waals surface area contributed by atoms with Gasteiger partial charge in [0.1, 0.15) is 18.0 Å². The molecule has 0 spiro atoms. The van der Waals surface area contributed by atoms with Crippen LogP contribution < -0.4 is 4.74 Å². The van der Waals surface area contributed by atoms with Crippen molar-refractivity contribution in [2.45, 2.75) is 26.1 Å². The lowest BCUT2D eigenvalue weighted by Crippen LogP contribution is -2.24. The minimum absolute atomic E-state index is 0.191. The van der Waals surface area contributed by atoms with Crippen LogP contribution in [-0.2, 0) is 4.79 Å². The number of Topliss-reactive ketones (excluding diaryl/α,β-unsaturated/α-hetero) is 1. The predicted molar refractivity (Wildman–Crippen MR) is 70.3 cm³/mol. The number of alkyl halides is 3. The number of carbonyl (C=O) groups is 1. The fraction of sp³-hybridized carbons (Fsp3) is 0.417. The molecule has 0 bridgehead atoms. The van der Waals surface area contributed by atoms with Crippen molar-refractivity contribution in [3.8, 4) is 5.75 Å². The lowest BCUT2D eigenvalue weighted by atomic mass is 10.3. The fourth-order valence-electron chi connectivity index (χ4n) is 1.20. The van der Waals surface area contributed by atoms with Crippen LogP contribution in [0.2, 0.25) is 0 Å². The predicted octanol–water partition coefficient (Wildman–Crippen LogP) is 4.59. The zero-order chi connectivity index (χ0) is 16.2. The molecular formula is C12H11BrF4N2O2. The van der Waals surface area contributed by atoms with Gasteiger partial charge < -0.3 is 4.74 Å². The standard InChI is InChI=1S/C12H11BrF4N2O2/c1-6(2)21-10-4-9(8(14)3-7(10)13)19-18-5-11(20)12(15,16)17/h3-4,6H,5H2,1-2H3. The Balaban J connectivity index is 2.90. The molecule has 0 saturated carbocycles. The van der Waals surface area contributed by atoms with E-state index in [0.717, 1.165) is 6.07 Å². The first-order valence-electron chi connectivity index (χ1n) is 5.74. The van der Waals surface area contributed by atoms with Crippen LogP contribution in [0.1, 0.15) is 13.8 Å². The summed E-state index contributed by atoms with van der Waals surface area (Å²) in [5.41, 5.74) is -0.316. The van der Waals surface area contributed by atoms with E-state index in [9.17, 15) is 22.4 Å². The minimum atomic E-state index is -4.98. The van der Waals surface area contributed by atoms with E-state index < -0.39 is 24.3 Å². The third kappa shape index (κ3) is 5.41. The summed E-state index contributed by atoms with van der Waals surface area (Å²) >= 11 is 3.09. The smallest absolute Gasteiger partial charge is 0.452 e. The molecule has 0 atom stereocenters. The lowest BCUT2D eigenvalue weighted by molar-refractivity contribution is -0.169. The van der Waals surface area contributed by atoms with Crippen LogP contribution in [-0.4, -0.2) is 24.6 Å². The maximum atomic E-state index is 13.6. The van der Waals surface area contributed by atoms with E-state index in [1.165, 1.54) is 6.07 Å². The average molecular weight is 371 g/mol. The molecule has 0 aliphatic carbocycles. The van der Waals surface area contributed by atoms with Crippen molar-refractivity contribution in [3.05, 3.63) is 22.4 Å². The van der Waals surface area contributed by atoms with Gasteiger partial charge in [-0.3, -0.25) is 4.79 Å². The number of nitrogens with zero attached hydrogens (tertiary/aromatic N) is 2. The van der Waals surface area contributed by atoms with Crippen molar-refractivity contribution in [2.24, 2.45) is 10.2 Å². The van der Waals surface area contributed by atoms with Gasteiger partial charge in [-0.15, -0.1) is 0 Å². The van der Waals surface area contributed by atoms with E-state index in [4.69, 9.17) is 4.74 Å². The monoisotopic (exact) mass is 370 g/mol. The van der Waals surface area contributed by atoms with Crippen molar-refractivity contribution >= 4 is 27.4 Å². The topological polar surface area (TPSA) is 51.0 Å². The van der Waals surface area contributed by atoms with Crippen molar-refractivity contribution in [1.29, 1.82) is 0 Å². The fourth-order valence-corrected chi connectivity index (χ4v) is 1.61. The summed E-state index contributed by atoms with van der Waals surface area (Å²) in [5.74, 6) is -2.59. The number of hydrogen-bond donors (Lipinski definition) is 0. The average Bonchev–Trinajstić information content (AvgIpc) is 2.32. The molecule has 0 aliphatic rings. The van der Waals surface area contributed by atoms with Crippen LogP contribution in [0.3, 0.4) is 0 Å². The molecule has 21 heavy (non-hydrogen) atoms. The second kappa shape index (κ2) is 6.97. The number of benzene rings is 1. The molecule has 1 aromatic rings. The number of azo groups is 1. The number of carbonyl (C=O) groups excluding carboxylic acids is 1. The number of rotatable bonds is 5. The van der Waals surface area contributed by atoms with Crippen molar-refractivity contribution in [2.75, 3.05) is 6.54 Å². The van der Waals surface area contributed by atoms with Gasteiger partial charge in [0.15, 0.2) is 5.82 Å². The zero-order valence-electron chi connectivity index (χ0n) is 11.0. The Kier molecular flexibility index (Phi) is 5.82. The Bertz CT molecular complexity index is 559. The summed E-state index contributed by atoms with van der Waals surface area (Å²) in [6.45, 7) is 2.30. The molecule has 1 aromatic carbocycles. The van der Waals surface area contributed by atoms with Crippen molar-refractivity contribution in [1.82, 2.24) is 0 Å². The molecule has 0 heterocycles. The van der Waals surface area contributed by atoms with Crippen LogP contribution in [0.5, 0.6) is 5.75 Å². The summed E-state index contributed by atoms with van der Waals surface area (Å²) < 4.78 is 55.2.